The Balaban J connectivity index is 1.57. The number of ether oxygens (including phenoxy) is 2. The van der Waals surface area contributed by atoms with E-state index in [1.54, 1.807) is 18.3 Å². The van der Waals surface area contributed by atoms with E-state index in [4.69, 9.17) is 9.47 Å². The van der Waals surface area contributed by atoms with Crippen LogP contribution in [0.3, 0.4) is 0 Å². The number of carbonyl (C=O) groups excluding carboxylic acids is 1. The molecule has 1 N–H and O–H groups in total. The van der Waals surface area contributed by atoms with Crippen molar-refractivity contribution in [2.24, 2.45) is 5.10 Å². The average Bonchev–Trinajstić information content (AvgIpc) is 2.89. The molecule has 0 aliphatic carbocycles. The second-order valence-corrected chi connectivity index (χ2v) is 10.6. The number of hydrogen-bond acceptors (Lipinski definition) is 6. The van der Waals surface area contributed by atoms with E-state index in [9.17, 15) is 9.59 Å². The van der Waals surface area contributed by atoms with Gasteiger partial charge in [0.15, 0.2) is 18.1 Å². The first kappa shape index (κ1) is 27.8. The van der Waals surface area contributed by atoms with Crippen molar-refractivity contribution in [1.82, 2.24) is 9.66 Å². The van der Waals surface area contributed by atoms with Crippen molar-refractivity contribution in [3.8, 4) is 11.5 Å². The van der Waals surface area contributed by atoms with Crippen molar-refractivity contribution in [3.05, 3.63) is 89.9 Å². The Morgan fingerprint density at radius 3 is 2.66 bits per heavy atom. The van der Waals surface area contributed by atoms with Crippen LogP contribution in [0, 0.1) is 10.5 Å². The van der Waals surface area contributed by atoms with Crippen LogP contribution in [-0.4, -0.2) is 35.5 Å². The molecule has 0 fully saturated rings. The topological polar surface area (TPSA) is 94.8 Å². The molecule has 1 aromatic heterocycles. The maximum Gasteiger partial charge on any atom is 0.282 e. The average molecular weight is 689 g/mol. The molecule has 0 bridgehead atoms. The number of nitrogens with one attached hydrogen (secondary N) is 1. The van der Waals surface area contributed by atoms with Crippen LogP contribution < -0.4 is 20.3 Å². The summed E-state index contributed by atoms with van der Waals surface area (Å²) >= 11 is 5.54. The molecule has 0 unspecified atom stereocenters. The predicted octanol–water partition coefficient (Wildman–Crippen LogP) is 5.93. The summed E-state index contributed by atoms with van der Waals surface area (Å²) < 4.78 is 14.2. The molecule has 3 aromatic carbocycles. The number of anilines is 1. The smallest absolute Gasteiger partial charge is 0.282 e. The number of nitrogens with zero attached hydrogens (tertiary/aromatic N) is 3. The van der Waals surface area contributed by atoms with Gasteiger partial charge in [0.1, 0.15) is 5.82 Å². The summed E-state index contributed by atoms with van der Waals surface area (Å²) in [7, 11) is 1.53. The van der Waals surface area contributed by atoms with E-state index in [2.05, 4.69) is 53.9 Å². The number of rotatable bonds is 9. The number of carbonyl (C=O) groups is 1. The third kappa shape index (κ3) is 6.60. The molecule has 0 spiro atoms. The molecular weight excluding hydrogens is 663 g/mol. The molecule has 4 rings (SSSR count). The van der Waals surface area contributed by atoms with Crippen molar-refractivity contribution < 1.29 is 14.3 Å². The first-order valence-electron chi connectivity index (χ1n) is 11.9. The van der Waals surface area contributed by atoms with Gasteiger partial charge in [0.25, 0.3) is 11.5 Å². The number of amides is 1. The minimum atomic E-state index is -0.282. The van der Waals surface area contributed by atoms with Crippen molar-refractivity contribution in [2.45, 2.75) is 26.7 Å². The van der Waals surface area contributed by atoms with E-state index in [1.807, 2.05) is 56.3 Å². The number of aryl methyl sites for hydroxylation is 2. The van der Waals surface area contributed by atoms with Gasteiger partial charge in [-0.05, 0) is 84.0 Å². The third-order valence-corrected chi connectivity index (χ3v) is 6.90. The second-order valence-electron chi connectivity index (χ2n) is 8.54. The first-order chi connectivity index (χ1) is 18.3. The first-order valence-corrected chi connectivity index (χ1v) is 13.8. The van der Waals surface area contributed by atoms with Crippen LogP contribution in [0.1, 0.15) is 30.3 Å². The zero-order chi connectivity index (χ0) is 27.2. The van der Waals surface area contributed by atoms with Crippen LogP contribution in [0.4, 0.5) is 5.69 Å². The third-order valence-electron chi connectivity index (χ3n) is 5.61. The minimum absolute atomic E-state index is 0.179. The molecule has 0 aliphatic heterocycles. The highest BCUT2D eigenvalue weighted by Gasteiger charge is 2.14. The summed E-state index contributed by atoms with van der Waals surface area (Å²) in [5.41, 5.74) is 2.91. The van der Waals surface area contributed by atoms with Crippen LogP contribution >= 0.6 is 38.5 Å². The lowest BCUT2D eigenvalue weighted by Gasteiger charge is -2.14. The highest BCUT2D eigenvalue weighted by atomic mass is 127. The quantitative estimate of drug-likeness (QED) is 0.174. The predicted molar refractivity (Wildman–Crippen MR) is 162 cm³/mol. The Hall–Kier alpha value is -3.25. The summed E-state index contributed by atoms with van der Waals surface area (Å²) in [6, 6.07) is 16.6. The maximum absolute atomic E-state index is 13.2. The lowest BCUT2D eigenvalue weighted by molar-refractivity contribution is -0.118. The van der Waals surface area contributed by atoms with Gasteiger partial charge in [0.2, 0.25) is 0 Å². The molecule has 8 nitrogen and oxygen atoms in total. The largest absolute Gasteiger partial charge is 0.493 e. The molecule has 1 amide bonds. The highest BCUT2D eigenvalue weighted by molar-refractivity contribution is 14.1. The molecule has 0 atom stereocenters. The second kappa shape index (κ2) is 12.5. The molecule has 38 heavy (non-hydrogen) atoms. The van der Waals surface area contributed by atoms with Crippen LogP contribution in [0.25, 0.3) is 10.9 Å². The van der Waals surface area contributed by atoms with E-state index in [1.165, 1.54) is 11.8 Å². The van der Waals surface area contributed by atoms with Gasteiger partial charge in [-0.2, -0.15) is 9.78 Å². The standard InChI is InChI=1S/C28H26BrIN4O4/c1-4-5-25-33-23-11-8-19(29)14-21(23)28(36)34(25)31-15-18-12-22(30)27(24(13-18)37-3)38-16-26(35)32-20-9-6-17(2)7-10-20/h6-15H,4-5,16H2,1-3H3,(H,32,35). The number of fused-ring (bicyclic) bond motifs is 1. The summed E-state index contributed by atoms with van der Waals surface area (Å²) in [4.78, 5) is 30.3. The van der Waals surface area contributed by atoms with Gasteiger partial charge < -0.3 is 14.8 Å². The fraction of sp³-hybridized carbons (Fsp3) is 0.214. The molecule has 0 saturated carbocycles. The molecule has 196 valence electrons. The SMILES string of the molecule is CCCc1nc2ccc(Br)cc2c(=O)n1N=Cc1cc(I)c(OCC(=O)Nc2ccc(C)cc2)c(OC)c1. The molecule has 1 heterocycles. The molecular formula is C28H26BrIN4O4. The Bertz CT molecular complexity index is 1570. The van der Waals surface area contributed by atoms with E-state index < -0.39 is 0 Å². The van der Waals surface area contributed by atoms with E-state index >= 15 is 0 Å². The monoisotopic (exact) mass is 688 g/mol. The maximum atomic E-state index is 13.2. The molecule has 0 aliphatic rings. The summed E-state index contributed by atoms with van der Waals surface area (Å²) in [5.74, 6) is 1.20. The van der Waals surface area contributed by atoms with Crippen molar-refractivity contribution in [2.75, 3.05) is 19.0 Å². The van der Waals surface area contributed by atoms with Crippen LogP contribution in [0.2, 0.25) is 0 Å². The van der Waals surface area contributed by atoms with Gasteiger partial charge in [-0.25, -0.2) is 4.98 Å². The Morgan fingerprint density at radius 1 is 1.18 bits per heavy atom. The number of methoxy groups -OCH3 is 1. The lowest BCUT2D eigenvalue weighted by atomic mass is 10.2. The highest BCUT2D eigenvalue weighted by Crippen LogP contribution is 2.33. The minimum Gasteiger partial charge on any atom is -0.493 e. The number of halogens is 2. The van der Waals surface area contributed by atoms with Crippen molar-refractivity contribution in [3.63, 3.8) is 0 Å². The number of benzene rings is 3. The lowest BCUT2D eigenvalue weighted by Crippen LogP contribution is -2.22. The summed E-state index contributed by atoms with van der Waals surface area (Å²) in [6.45, 7) is 3.83. The van der Waals surface area contributed by atoms with E-state index in [-0.39, 0.29) is 18.1 Å². The zero-order valence-electron chi connectivity index (χ0n) is 21.1. The van der Waals surface area contributed by atoms with Crippen LogP contribution in [0.5, 0.6) is 11.5 Å². The zero-order valence-corrected chi connectivity index (χ0v) is 24.9. The van der Waals surface area contributed by atoms with Gasteiger partial charge in [0, 0.05) is 16.6 Å². The number of aromatic nitrogens is 2. The van der Waals surface area contributed by atoms with Gasteiger partial charge in [-0.15, -0.1) is 0 Å². The fourth-order valence-corrected chi connectivity index (χ4v) is 4.89. The number of hydrogen-bond donors (Lipinski definition) is 1. The summed E-state index contributed by atoms with van der Waals surface area (Å²) in [5, 5.41) is 7.78. The van der Waals surface area contributed by atoms with Gasteiger partial charge >= 0.3 is 0 Å². The van der Waals surface area contributed by atoms with Crippen LogP contribution in [-0.2, 0) is 11.2 Å². The van der Waals surface area contributed by atoms with Gasteiger partial charge in [-0.1, -0.05) is 40.5 Å². The van der Waals surface area contributed by atoms with Crippen molar-refractivity contribution in [1.29, 1.82) is 0 Å². The Labute approximate surface area is 242 Å². The Morgan fingerprint density at radius 2 is 1.95 bits per heavy atom. The molecule has 4 aromatic rings. The van der Waals surface area contributed by atoms with Gasteiger partial charge in [0.05, 0.1) is 27.8 Å². The van der Waals surface area contributed by atoms with E-state index in [0.717, 1.165) is 20.0 Å². The molecule has 0 radical (unpaired) electrons. The Kier molecular flexibility index (Phi) is 9.16. The normalized spacial score (nSPS) is 11.2. The molecule has 10 heteroatoms. The fourth-order valence-electron chi connectivity index (χ4n) is 3.75. The van der Waals surface area contributed by atoms with Crippen molar-refractivity contribution >= 4 is 67.2 Å². The van der Waals surface area contributed by atoms with Gasteiger partial charge in [-0.3, -0.25) is 9.59 Å². The van der Waals surface area contributed by atoms with Crippen LogP contribution in [0.15, 0.2) is 69.0 Å². The molecule has 0 saturated heterocycles. The van der Waals surface area contributed by atoms with E-state index in [0.29, 0.717) is 45.9 Å². The summed E-state index contributed by atoms with van der Waals surface area (Å²) in [6.07, 6.45) is 3.01.